The molecule has 1 aromatic carbocycles. The van der Waals surface area contributed by atoms with Gasteiger partial charge in [-0.2, -0.15) is 0 Å². The summed E-state index contributed by atoms with van der Waals surface area (Å²) in [5.74, 6) is 0.447. The predicted octanol–water partition coefficient (Wildman–Crippen LogP) is 1.57. The molecule has 2 rings (SSSR count). The predicted molar refractivity (Wildman–Crippen MR) is 81.0 cm³/mol. The van der Waals surface area contributed by atoms with Gasteiger partial charge < -0.3 is 11.1 Å². The van der Waals surface area contributed by atoms with Crippen LogP contribution in [0.4, 0.5) is 5.69 Å². The van der Waals surface area contributed by atoms with Gasteiger partial charge in [-0.3, -0.25) is 0 Å². The van der Waals surface area contributed by atoms with Crippen LogP contribution in [-0.2, 0) is 10.0 Å². The molecule has 1 aromatic rings. The van der Waals surface area contributed by atoms with Gasteiger partial charge in [-0.1, -0.05) is 18.9 Å². The molecule has 0 aromatic heterocycles. The SMILES string of the molecule is Cc1ccc(NC2CCCCC2CN)cc1S(N)(=O)=O. The molecule has 0 heterocycles. The molecule has 5 N–H and O–H groups in total. The van der Waals surface area contributed by atoms with Crippen molar-refractivity contribution in [2.24, 2.45) is 16.8 Å². The van der Waals surface area contributed by atoms with Gasteiger partial charge >= 0.3 is 0 Å². The third-order valence-electron chi connectivity index (χ3n) is 4.06. The molecule has 5 nitrogen and oxygen atoms in total. The number of nitrogens with one attached hydrogen (secondary N) is 1. The van der Waals surface area contributed by atoms with Crippen molar-refractivity contribution < 1.29 is 8.42 Å². The number of sulfonamides is 1. The van der Waals surface area contributed by atoms with Crippen molar-refractivity contribution in [3.05, 3.63) is 23.8 Å². The lowest BCUT2D eigenvalue weighted by Gasteiger charge is -2.32. The van der Waals surface area contributed by atoms with E-state index in [2.05, 4.69) is 5.32 Å². The molecule has 2 atom stereocenters. The summed E-state index contributed by atoms with van der Waals surface area (Å²) in [6.07, 6.45) is 4.60. The van der Waals surface area contributed by atoms with E-state index < -0.39 is 10.0 Å². The Morgan fingerprint density at radius 2 is 2.00 bits per heavy atom. The molecule has 0 spiro atoms. The Morgan fingerprint density at radius 1 is 1.30 bits per heavy atom. The number of aryl methyl sites for hydroxylation is 1. The van der Waals surface area contributed by atoms with Crippen LogP contribution in [-0.4, -0.2) is 21.0 Å². The van der Waals surface area contributed by atoms with Crippen LogP contribution in [0.1, 0.15) is 31.2 Å². The van der Waals surface area contributed by atoms with Gasteiger partial charge in [0.05, 0.1) is 4.90 Å². The van der Waals surface area contributed by atoms with E-state index in [1.165, 1.54) is 12.8 Å². The molecule has 1 fully saturated rings. The molecule has 1 saturated carbocycles. The van der Waals surface area contributed by atoms with Crippen molar-refractivity contribution in [2.75, 3.05) is 11.9 Å². The second-order valence-electron chi connectivity index (χ2n) is 5.56. The van der Waals surface area contributed by atoms with E-state index >= 15 is 0 Å². The maximum Gasteiger partial charge on any atom is 0.238 e. The first kappa shape index (κ1) is 15.3. The number of benzene rings is 1. The monoisotopic (exact) mass is 297 g/mol. The molecular weight excluding hydrogens is 274 g/mol. The van der Waals surface area contributed by atoms with Crippen LogP contribution >= 0.6 is 0 Å². The van der Waals surface area contributed by atoms with Gasteiger partial charge in [0, 0.05) is 11.7 Å². The zero-order valence-corrected chi connectivity index (χ0v) is 12.6. The number of rotatable bonds is 4. The lowest BCUT2D eigenvalue weighted by atomic mass is 9.84. The first-order valence-electron chi connectivity index (χ1n) is 7.02. The number of hydrogen-bond donors (Lipinski definition) is 3. The molecule has 1 aliphatic rings. The highest BCUT2D eigenvalue weighted by molar-refractivity contribution is 7.89. The van der Waals surface area contributed by atoms with Gasteiger partial charge in [-0.05, 0) is 49.9 Å². The highest BCUT2D eigenvalue weighted by Gasteiger charge is 2.24. The first-order chi connectivity index (χ1) is 9.41. The minimum absolute atomic E-state index is 0.183. The highest BCUT2D eigenvalue weighted by atomic mass is 32.2. The van der Waals surface area contributed by atoms with Crippen LogP contribution < -0.4 is 16.2 Å². The summed E-state index contributed by atoms with van der Waals surface area (Å²) in [5.41, 5.74) is 7.27. The van der Waals surface area contributed by atoms with Crippen LogP contribution in [0.25, 0.3) is 0 Å². The summed E-state index contributed by atoms with van der Waals surface area (Å²) in [6.45, 7) is 2.40. The van der Waals surface area contributed by atoms with Crippen LogP contribution in [0.15, 0.2) is 23.1 Å². The fourth-order valence-corrected chi connectivity index (χ4v) is 3.70. The zero-order chi connectivity index (χ0) is 14.8. The number of nitrogens with two attached hydrogens (primary N) is 2. The molecular formula is C14H23N3O2S. The molecule has 20 heavy (non-hydrogen) atoms. The van der Waals surface area contributed by atoms with Crippen molar-refractivity contribution in [3.63, 3.8) is 0 Å². The third kappa shape index (κ3) is 3.50. The van der Waals surface area contributed by atoms with Crippen LogP contribution in [0.3, 0.4) is 0 Å². The van der Waals surface area contributed by atoms with E-state index in [1.807, 2.05) is 6.07 Å². The van der Waals surface area contributed by atoms with Gasteiger partial charge in [0.15, 0.2) is 0 Å². The Balaban J connectivity index is 2.21. The van der Waals surface area contributed by atoms with E-state index in [-0.39, 0.29) is 4.90 Å². The molecule has 2 unspecified atom stereocenters. The smallest absolute Gasteiger partial charge is 0.238 e. The minimum Gasteiger partial charge on any atom is -0.382 e. The summed E-state index contributed by atoms with van der Waals surface area (Å²) < 4.78 is 23.1. The minimum atomic E-state index is -3.68. The van der Waals surface area contributed by atoms with E-state index in [0.29, 0.717) is 24.1 Å². The number of primary sulfonamides is 1. The van der Waals surface area contributed by atoms with Crippen LogP contribution in [0.2, 0.25) is 0 Å². The molecule has 112 valence electrons. The van der Waals surface area contributed by atoms with Gasteiger partial charge in [-0.25, -0.2) is 13.6 Å². The van der Waals surface area contributed by atoms with E-state index in [0.717, 1.165) is 18.5 Å². The Labute approximate surface area is 120 Å². The Bertz CT molecular complexity index is 572. The first-order valence-corrected chi connectivity index (χ1v) is 8.56. The standard InChI is InChI=1S/C14H23N3O2S/c1-10-6-7-12(8-14(10)20(16,18)19)17-13-5-3-2-4-11(13)9-15/h6-8,11,13,17H,2-5,9,15H2,1H3,(H2,16,18,19). The summed E-state index contributed by atoms with van der Waals surface area (Å²) in [4.78, 5) is 0.183. The fraction of sp³-hybridized carbons (Fsp3) is 0.571. The van der Waals surface area contributed by atoms with Crippen LogP contribution in [0.5, 0.6) is 0 Å². The number of anilines is 1. The second kappa shape index (κ2) is 6.11. The summed E-state index contributed by atoms with van der Waals surface area (Å²) in [7, 11) is -3.68. The second-order valence-corrected chi connectivity index (χ2v) is 7.09. The normalized spacial score (nSPS) is 23.6. The molecule has 0 aliphatic heterocycles. The van der Waals surface area contributed by atoms with Crippen molar-refractivity contribution >= 4 is 15.7 Å². The maximum atomic E-state index is 11.5. The van der Waals surface area contributed by atoms with Crippen LogP contribution in [0, 0.1) is 12.8 Å². The summed E-state index contributed by atoms with van der Waals surface area (Å²) in [5, 5.41) is 8.66. The van der Waals surface area contributed by atoms with E-state index in [4.69, 9.17) is 10.9 Å². The Hall–Kier alpha value is -1.11. The number of hydrogen-bond acceptors (Lipinski definition) is 4. The fourth-order valence-electron chi connectivity index (χ4n) is 2.89. The Kier molecular flexibility index (Phi) is 4.67. The van der Waals surface area contributed by atoms with Gasteiger partial charge in [0.1, 0.15) is 0 Å². The van der Waals surface area contributed by atoms with Crippen molar-refractivity contribution in [3.8, 4) is 0 Å². The molecule has 0 radical (unpaired) electrons. The lowest BCUT2D eigenvalue weighted by Crippen LogP contribution is -2.36. The average molecular weight is 297 g/mol. The largest absolute Gasteiger partial charge is 0.382 e. The van der Waals surface area contributed by atoms with Crippen molar-refractivity contribution in [1.29, 1.82) is 0 Å². The zero-order valence-electron chi connectivity index (χ0n) is 11.8. The topological polar surface area (TPSA) is 98.2 Å². The van der Waals surface area contributed by atoms with Gasteiger partial charge in [0.2, 0.25) is 10.0 Å². The molecule has 0 saturated heterocycles. The van der Waals surface area contributed by atoms with Crippen molar-refractivity contribution in [1.82, 2.24) is 0 Å². The van der Waals surface area contributed by atoms with E-state index in [1.54, 1.807) is 19.1 Å². The van der Waals surface area contributed by atoms with Crippen molar-refractivity contribution in [2.45, 2.75) is 43.5 Å². The van der Waals surface area contributed by atoms with Gasteiger partial charge in [0.25, 0.3) is 0 Å². The molecule has 0 amide bonds. The molecule has 6 heteroatoms. The lowest BCUT2D eigenvalue weighted by molar-refractivity contribution is 0.332. The molecule has 0 bridgehead atoms. The highest BCUT2D eigenvalue weighted by Crippen LogP contribution is 2.28. The van der Waals surface area contributed by atoms with E-state index in [9.17, 15) is 8.42 Å². The summed E-state index contributed by atoms with van der Waals surface area (Å²) in [6, 6.07) is 5.60. The average Bonchev–Trinajstić information content (AvgIpc) is 2.40. The maximum absolute atomic E-state index is 11.5. The third-order valence-corrected chi connectivity index (χ3v) is 5.11. The quantitative estimate of drug-likeness (QED) is 0.785. The molecule has 1 aliphatic carbocycles. The van der Waals surface area contributed by atoms with Gasteiger partial charge in [-0.15, -0.1) is 0 Å². The summed E-state index contributed by atoms with van der Waals surface area (Å²) >= 11 is 0. The Morgan fingerprint density at radius 3 is 2.65 bits per heavy atom.